The number of ether oxygens (including phenoxy) is 2. The van der Waals surface area contributed by atoms with Crippen LogP contribution < -0.4 is 10.5 Å². The molecule has 0 spiro atoms. The van der Waals surface area contributed by atoms with E-state index in [9.17, 15) is 31.5 Å². The van der Waals surface area contributed by atoms with Crippen LogP contribution in [0.1, 0.15) is 19.4 Å². The number of esters is 1. The summed E-state index contributed by atoms with van der Waals surface area (Å²) in [6.45, 7) is 2.82. The van der Waals surface area contributed by atoms with Crippen LogP contribution in [0.25, 0.3) is 28.2 Å². The highest BCUT2D eigenvalue weighted by Gasteiger charge is 2.46. The lowest BCUT2D eigenvalue weighted by Crippen LogP contribution is -2.47. The minimum Gasteiger partial charge on any atom is -0.481 e. The standard InChI is InChI=1S/C26H26F3N5O6S/c1-14-7-8-15(41(37,38)25(2,3)20(35)13-40-24(36)26(27,28)29)10-17(14)19-11-32-22-21(30)33-18(12-34(19)22)16-6-5-9-31-23(16)39-4/h5-12,20,35H,13H2,1-4H3,(H2,30,33). The van der Waals surface area contributed by atoms with Crippen LogP contribution in [0.2, 0.25) is 0 Å². The van der Waals surface area contributed by atoms with E-state index >= 15 is 0 Å². The van der Waals surface area contributed by atoms with Gasteiger partial charge in [-0.3, -0.25) is 4.40 Å². The number of hydrogen-bond acceptors (Lipinski definition) is 10. The van der Waals surface area contributed by atoms with Crippen LogP contribution in [-0.4, -0.2) is 69.6 Å². The van der Waals surface area contributed by atoms with Gasteiger partial charge in [-0.05, 0) is 50.6 Å². The topological polar surface area (TPSA) is 159 Å². The summed E-state index contributed by atoms with van der Waals surface area (Å²) in [5.41, 5.74) is 9.05. The maximum Gasteiger partial charge on any atom is 0.490 e. The summed E-state index contributed by atoms with van der Waals surface area (Å²) < 4.78 is 73.7. The van der Waals surface area contributed by atoms with Crippen molar-refractivity contribution >= 4 is 27.3 Å². The van der Waals surface area contributed by atoms with Crippen molar-refractivity contribution in [2.24, 2.45) is 0 Å². The number of benzene rings is 1. The number of methoxy groups -OCH3 is 1. The van der Waals surface area contributed by atoms with E-state index in [0.29, 0.717) is 39.6 Å². The zero-order valence-electron chi connectivity index (χ0n) is 22.3. The molecule has 0 saturated heterocycles. The molecule has 0 radical (unpaired) electrons. The lowest BCUT2D eigenvalue weighted by Gasteiger charge is -2.30. The van der Waals surface area contributed by atoms with E-state index in [4.69, 9.17) is 10.5 Å². The average molecular weight is 594 g/mol. The van der Waals surface area contributed by atoms with Crippen molar-refractivity contribution in [3.63, 3.8) is 0 Å². The number of anilines is 1. The first-order chi connectivity index (χ1) is 19.1. The minimum atomic E-state index is -5.29. The van der Waals surface area contributed by atoms with Crippen LogP contribution in [0.5, 0.6) is 5.88 Å². The number of hydrogen-bond donors (Lipinski definition) is 2. The van der Waals surface area contributed by atoms with Gasteiger partial charge in [-0.25, -0.2) is 28.2 Å². The second-order valence-corrected chi connectivity index (χ2v) is 12.1. The lowest BCUT2D eigenvalue weighted by molar-refractivity contribution is -0.202. The maximum atomic E-state index is 13.6. The Balaban J connectivity index is 1.77. The van der Waals surface area contributed by atoms with Crippen molar-refractivity contribution in [2.45, 2.75) is 42.7 Å². The number of aromatic nitrogens is 4. The number of nitrogen functional groups attached to an aromatic ring is 1. The van der Waals surface area contributed by atoms with E-state index in [1.165, 1.54) is 25.4 Å². The number of rotatable bonds is 8. The monoisotopic (exact) mass is 593 g/mol. The van der Waals surface area contributed by atoms with Gasteiger partial charge in [0.25, 0.3) is 0 Å². The number of sulfone groups is 1. The Morgan fingerprint density at radius 3 is 2.54 bits per heavy atom. The number of carbonyl (C=O) groups excluding carboxylic acids is 1. The molecule has 4 rings (SSSR count). The van der Waals surface area contributed by atoms with Crippen LogP contribution in [0.4, 0.5) is 19.0 Å². The Morgan fingerprint density at radius 2 is 1.88 bits per heavy atom. The molecule has 11 nitrogen and oxygen atoms in total. The number of imidazole rings is 1. The van der Waals surface area contributed by atoms with Crippen molar-refractivity contribution in [3.05, 3.63) is 54.5 Å². The molecule has 0 fully saturated rings. The number of carbonyl (C=O) groups is 1. The van der Waals surface area contributed by atoms with E-state index in [1.807, 2.05) is 0 Å². The molecule has 4 aromatic rings. The maximum absolute atomic E-state index is 13.6. The molecule has 15 heteroatoms. The van der Waals surface area contributed by atoms with Gasteiger partial charge in [0.15, 0.2) is 21.3 Å². The summed E-state index contributed by atoms with van der Waals surface area (Å²) in [5, 5.41) is 10.5. The van der Waals surface area contributed by atoms with E-state index < -0.39 is 39.4 Å². The van der Waals surface area contributed by atoms with Crippen LogP contribution in [0.3, 0.4) is 0 Å². The first-order valence-corrected chi connectivity index (χ1v) is 13.5. The molecular formula is C26H26F3N5O6S. The molecule has 1 aromatic carbocycles. The number of aliphatic hydroxyl groups excluding tert-OH is 1. The summed E-state index contributed by atoms with van der Waals surface area (Å²) in [6, 6.07) is 7.67. The Kier molecular flexibility index (Phi) is 7.71. The van der Waals surface area contributed by atoms with Crippen LogP contribution in [0, 0.1) is 6.92 Å². The van der Waals surface area contributed by atoms with Crippen LogP contribution in [-0.2, 0) is 19.4 Å². The Labute approximate surface area is 232 Å². The summed E-state index contributed by atoms with van der Waals surface area (Å²) in [6.07, 6.45) is -2.56. The minimum absolute atomic E-state index is 0.0961. The number of pyridine rings is 1. The molecule has 0 bridgehead atoms. The van der Waals surface area contributed by atoms with Gasteiger partial charge in [0.1, 0.15) is 17.5 Å². The predicted molar refractivity (Wildman–Crippen MR) is 142 cm³/mol. The largest absolute Gasteiger partial charge is 0.490 e. The summed E-state index contributed by atoms with van der Waals surface area (Å²) in [7, 11) is -2.92. The molecule has 0 saturated carbocycles. The third-order valence-electron chi connectivity index (χ3n) is 6.65. The molecule has 0 aliphatic heterocycles. The van der Waals surface area contributed by atoms with Crippen molar-refractivity contribution in [2.75, 3.05) is 19.5 Å². The fraction of sp³-hybridized carbons (Fsp3) is 0.308. The van der Waals surface area contributed by atoms with Crippen molar-refractivity contribution in [1.29, 1.82) is 0 Å². The van der Waals surface area contributed by atoms with Gasteiger partial charge >= 0.3 is 12.1 Å². The number of halogens is 3. The lowest BCUT2D eigenvalue weighted by atomic mass is 10.1. The Morgan fingerprint density at radius 1 is 1.17 bits per heavy atom. The van der Waals surface area contributed by atoms with E-state index in [1.54, 1.807) is 41.9 Å². The molecule has 1 unspecified atom stereocenters. The quantitative estimate of drug-likeness (QED) is 0.290. The first kappa shape index (κ1) is 29.7. The number of aliphatic hydroxyl groups is 1. The van der Waals surface area contributed by atoms with Gasteiger partial charge in [-0.2, -0.15) is 13.2 Å². The summed E-state index contributed by atoms with van der Waals surface area (Å²) in [5.74, 6) is -2.13. The summed E-state index contributed by atoms with van der Waals surface area (Å²) in [4.78, 5) is 23.8. The predicted octanol–water partition coefficient (Wildman–Crippen LogP) is 3.38. The molecular weight excluding hydrogens is 567 g/mol. The third kappa shape index (κ3) is 5.41. The number of fused-ring (bicyclic) bond motifs is 1. The molecule has 0 amide bonds. The Bertz CT molecular complexity index is 1740. The highest BCUT2D eigenvalue weighted by molar-refractivity contribution is 7.92. The fourth-order valence-corrected chi connectivity index (χ4v) is 5.61. The number of alkyl halides is 3. The van der Waals surface area contributed by atoms with Crippen LogP contribution >= 0.6 is 0 Å². The SMILES string of the molecule is COc1ncccc1-c1cn2c(-c3cc(S(=O)(=O)C(C)(C)C(O)COC(=O)C(F)(F)F)ccc3C)cnc2c(N)n1. The van der Waals surface area contributed by atoms with Gasteiger partial charge < -0.3 is 20.3 Å². The molecule has 218 valence electrons. The fourth-order valence-electron chi connectivity index (χ4n) is 4.05. The molecule has 0 aliphatic rings. The van der Waals surface area contributed by atoms with Gasteiger partial charge in [-0.1, -0.05) is 6.07 Å². The average Bonchev–Trinajstić information content (AvgIpc) is 3.35. The molecule has 41 heavy (non-hydrogen) atoms. The molecule has 3 N–H and O–H groups in total. The summed E-state index contributed by atoms with van der Waals surface area (Å²) >= 11 is 0. The highest BCUT2D eigenvalue weighted by atomic mass is 32.2. The van der Waals surface area contributed by atoms with E-state index in [-0.39, 0.29) is 10.7 Å². The second kappa shape index (κ2) is 10.6. The highest BCUT2D eigenvalue weighted by Crippen LogP contribution is 2.35. The smallest absolute Gasteiger partial charge is 0.481 e. The van der Waals surface area contributed by atoms with E-state index in [0.717, 1.165) is 13.8 Å². The van der Waals surface area contributed by atoms with Gasteiger partial charge in [0, 0.05) is 18.0 Å². The zero-order chi connectivity index (χ0) is 30.3. The van der Waals surface area contributed by atoms with Gasteiger partial charge in [0.05, 0.1) is 35.2 Å². The van der Waals surface area contributed by atoms with Gasteiger partial charge in [0.2, 0.25) is 5.88 Å². The molecule has 0 aliphatic carbocycles. The second-order valence-electron chi connectivity index (χ2n) is 9.60. The number of nitrogens with two attached hydrogens (primary N) is 1. The van der Waals surface area contributed by atoms with Crippen molar-refractivity contribution < 1.29 is 41.0 Å². The molecule has 3 aromatic heterocycles. The number of nitrogens with zero attached hydrogens (tertiary/aromatic N) is 4. The first-order valence-electron chi connectivity index (χ1n) is 12.0. The molecule has 1 atom stereocenters. The Hall–Kier alpha value is -4.24. The normalized spacial score (nSPS) is 13.3. The zero-order valence-corrected chi connectivity index (χ0v) is 23.1. The molecule has 3 heterocycles. The van der Waals surface area contributed by atoms with Gasteiger partial charge in [-0.15, -0.1) is 0 Å². The van der Waals surface area contributed by atoms with E-state index in [2.05, 4.69) is 19.7 Å². The van der Waals surface area contributed by atoms with Crippen molar-refractivity contribution in [3.8, 4) is 28.4 Å². The third-order valence-corrected chi connectivity index (χ3v) is 9.18. The number of aryl methyl sites for hydroxylation is 1. The van der Waals surface area contributed by atoms with Crippen LogP contribution in [0.15, 0.2) is 53.8 Å². The van der Waals surface area contributed by atoms with Crippen molar-refractivity contribution in [1.82, 2.24) is 19.4 Å².